The summed E-state index contributed by atoms with van der Waals surface area (Å²) in [5, 5.41) is 4.90. The predicted octanol–water partition coefficient (Wildman–Crippen LogP) is 1.84. The van der Waals surface area contributed by atoms with E-state index >= 15 is 0 Å². The molecule has 2 aromatic rings. The van der Waals surface area contributed by atoms with Crippen molar-refractivity contribution in [3.63, 3.8) is 0 Å². The molecule has 2 fully saturated rings. The Morgan fingerprint density at radius 1 is 1.28 bits per heavy atom. The van der Waals surface area contributed by atoms with Crippen molar-refractivity contribution >= 4 is 27.5 Å². The Morgan fingerprint density at radius 2 is 2.16 bits per heavy atom. The minimum Gasteiger partial charge on any atom is -0.354 e. The summed E-state index contributed by atoms with van der Waals surface area (Å²) in [5.41, 5.74) is 0.567. The van der Waals surface area contributed by atoms with Crippen LogP contribution in [0, 0.1) is 5.92 Å². The third-order valence-electron chi connectivity index (χ3n) is 5.54. The van der Waals surface area contributed by atoms with Crippen LogP contribution in [-0.4, -0.2) is 46.0 Å². The van der Waals surface area contributed by atoms with Gasteiger partial charge in [0.2, 0.25) is 5.91 Å². The first-order valence-corrected chi connectivity index (χ1v) is 10.0. The molecule has 1 amide bonds. The van der Waals surface area contributed by atoms with E-state index in [9.17, 15) is 9.59 Å². The van der Waals surface area contributed by atoms with Crippen LogP contribution in [0.25, 0.3) is 10.2 Å². The average Bonchev–Trinajstić information content (AvgIpc) is 3.12. The maximum atomic E-state index is 12.4. The number of carbonyl (C=O) groups is 1. The largest absolute Gasteiger partial charge is 0.354 e. The van der Waals surface area contributed by atoms with Crippen LogP contribution in [0.2, 0.25) is 0 Å². The van der Waals surface area contributed by atoms with Gasteiger partial charge in [-0.15, -0.1) is 11.3 Å². The van der Waals surface area contributed by atoms with Crippen molar-refractivity contribution in [2.45, 2.75) is 44.7 Å². The van der Waals surface area contributed by atoms with Crippen molar-refractivity contribution in [3.05, 3.63) is 28.1 Å². The minimum absolute atomic E-state index is 0.0424. The van der Waals surface area contributed by atoms with Gasteiger partial charge >= 0.3 is 0 Å². The molecular weight excluding hydrogens is 336 g/mol. The molecule has 0 radical (unpaired) electrons. The lowest BCUT2D eigenvalue weighted by molar-refractivity contribution is -0.122. The molecule has 2 saturated heterocycles. The second-order valence-corrected chi connectivity index (χ2v) is 8.03. The topological polar surface area (TPSA) is 67.2 Å². The fraction of sp³-hybridized carbons (Fsp3) is 0.611. The summed E-state index contributed by atoms with van der Waals surface area (Å²) in [6.07, 6.45) is 7.73. The molecule has 134 valence electrons. The van der Waals surface area contributed by atoms with E-state index in [-0.39, 0.29) is 18.0 Å². The van der Waals surface area contributed by atoms with Gasteiger partial charge in [-0.3, -0.25) is 14.2 Å². The van der Waals surface area contributed by atoms with E-state index in [1.165, 1.54) is 67.4 Å². The van der Waals surface area contributed by atoms with Crippen molar-refractivity contribution in [1.82, 2.24) is 19.8 Å². The van der Waals surface area contributed by atoms with Crippen LogP contribution in [0.4, 0.5) is 0 Å². The van der Waals surface area contributed by atoms with Crippen molar-refractivity contribution in [3.8, 4) is 0 Å². The fourth-order valence-electron chi connectivity index (χ4n) is 4.26. The van der Waals surface area contributed by atoms with Gasteiger partial charge in [-0.2, -0.15) is 0 Å². The van der Waals surface area contributed by atoms with Crippen molar-refractivity contribution in [1.29, 1.82) is 0 Å². The first kappa shape index (κ1) is 16.7. The van der Waals surface area contributed by atoms with Gasteiger partial charge in [0.25, 0.3) is 5.56 Å². The summed E-state index contributed by atoms with van der Waals surface area (Å²) >= 11 is 1.37. The van der Waals surface area contributed by atoms with Crippen LogP contribution in [-0.2, 0) is 11.3 Å². The molecule has 25 heavy (non-hydrogen) atoms. The van der Waals surface area contributed by atoms with E-state index in [0.717, 1.165) is 0 Å². The van der Waals surface area contributed by atoms with Gasteiger partial charge in [0.1, 0.15) is 11.2 Å². The molecule has 0 saturated carbocycles. The number of thiophene rings is 1. The Kier molecular flexibility index (Phi) is 4.85. The number of nitrogens with one attached hydrogen (secondary N) is 1. The van der Waals surface area contributed by atoms with E-state index < -0.39 is 0 Å². The quantitative estimate of drug-likeness (QED) is 0.903. The second kappa shape index (κ2) is 7.25. The number of piperidine rings is 2. The van der Waals surface area contributed by atoms with E-state index in [1.54, 1.807) is 0 Å². The van der Waals surface area contributed by atoms with Gasteiger partial charge in [-0.1, -0.05) is 6.42 Å². The standard InChI is InChI=1S/C18H24N4O2S/c23-16(11-22-12-20-14-6-9-25-17(14)18(22)24)19-10-13-4-3-8-21-7-2-1-5-15(13)21/h6,9,12-13,15H,1-5,7-8,10-11H2,(H,19,23)/t13-,15?/m0/s1. The van der Waals surface area contributed by atoms with Crippen molar-refractivity contribution < 1.29 is 4.79 Å². The Hall–Kier alpha value is -1.73. The number of rotatable bonds is 4. The number of amides is 1. The monoisotopic (exact) mass is 360 g/mol. The zero-order chi connectivity index (χ0) is 17.2. The van der Waals surface area contributed by atoms with E-state index in [4.69, 9.17) is 0 Å². The molecular formula is C18H24N4O2S. The Morgan fingerprint density at radius 3 is 3.08 bits per heavy atom. The van der Waals surface area contributed by atoms with Crippen LogP contribution in [0.3, 0.4) is 0 Å². The molecule has 2 aliphatic heterocycles. The summed E-state index contributed by atoms with van der Waals surface area (Å²) in [6.45, 7) is 3.16. The minimum atomic E-state index is -0.133. The molecule has 7 heteroatoms. The molecule has 1 N–H and O–H groups in total. The lowest BCUT2D eigenvalue weighted by Gasteiger charge is -2.44. The van der Waals surface area contributed by atoms with Gasteiger partial charge in [-0.05, 0) is 56.1 Å². The highest BCUT2D eigenvalue weighted by Gasteiger charge is 2.32. The zero-order valence-corrected chi connectivity index (χ0v) is 15.1. The van der Waals surface area contributed by atoms with Gasteiger partial charge in [-0.25, -0.2) is 4.98 Å². The fourth-order valence-corrected chi connectivity index (χ4v) is 5.06. The summed E-state index contributed by atoms with van der Waals surface area (Å²) in [7, 11) is 0. The van der Waals surface area contributed by atoms with Crippen LogP contribution in [0.15, 0.2) is 22.6 Å². The molecule has 0 aromatic carbocycles. The molecule has 6 nitrogen and oxygen atoms in total. The maximum Gasteiger partial charge on any atom is 0.271 e. The Labute approximate surface area is 150 Å². The lowest BCUT2D eigenvalue weighted by Crippen LogP contribution is -2.51. The summed E-state index contributed by atoms with van der Waals surface area (Å²) in [4.78, 5) is 31.5. The summed E-state index contributed by atoms with van der Waals surface area (Å²) in [6, 6.07) is 2.44. The highest BCUT2D eigenvalue weighted by atomic mass is 32.1. The normalized spacial score (nSPS) is 24.2. The maximum absolute atomic E-state index is 12.4. The molecule has 4 rings (SSSR count). The van der Waals surface area contributed by atoms with Gasteiger partial charge < -0.3 is 10.2 Å². The molecule has 0 aliphatic carbocycles. The third kappa shape index (κ3) is 3.48. The number of fused-ring (bicyclic) bond motifs is 2. The van der Waals surface area contributed by atoms with Gasteiger partial charge in [0, 0.05) is 12.6 Å². The number of nitrogens with zero attached hydrogens (tertiary/aromatic N) is 3. The molecule has 0 spiro atoms. The number of hydrogen-bond acceptors (Lipinski definition) is 5. The van der Waals surface area contributed by atoms with Crippen LogP contribution in [0.1, 0.15) is 32.1 Å². The molecule has 2 atom stereocenters. The average molecular weight is 360 g/mol. The molecule has 1 unspecified atom stereocenters. The van der Waals surface area contributed by atoms with Crippen molar-refractivity contribution in [2.75, 3.05) is 19.6 Å². The number of hydrogen-bond donors (Lipinski definition) is 1. The summed E-state index contributed by atoms with van der Waals surface area (Å²) in [5.74, 6) is 0.431. The summed E-state index contributed by atoms with van der Waals surface area (Å²) < 4.78 is 2.02. The van der Waals surface area contributed by atoms with E-state index in [0.29, 0.717) is 28.7 Å². The lowest BCUT2D eigenvalue weighted by atomic mass is 9.83. The molecule has 2 aromatic heterocycles. The first-order chi connectivity index (χ1) is 12.2. The van der Waals surface area contributed by atoms with E-state index in [2.05, 4.69) is 15.2 Å². The van der Waals surface area contributed by atoms with E-state index in [1.807, 2.05) is 11.4 Å². The van der Waals surface area contributed by atoms with Crippen LogP contribution >= 0.6 is 11.3 Å². The van der Waals surface area contributed by atoms with Gasteiger partial charge in [0.15, 0.2) is 0 Å². The molecule has 0 bridgehead atoms. The number of aromatic nitrogens is 2. The highest BCUT2D eigenvalue weighted by Crippen LogP contribution is 2.30. The molecule has 4 heterocycles. The van der Waals surface area contributed by atoms with Gasteiger partial charge in [0.05, 0.1) is 11.8 Å². The Bertz CT molecular complexity index is 813. The van der Waals surface area contributed by atoms with Crippen LogP contribution < -0.4 is 10.9 Å². The number of carbonyl (C=O) groups excluding carboxylic acids is 1. The highest BCUT2D eigenvalue weighted by molar-refractivity contribution is 7.17. The predicted molar refractivity (Wildman–Crippen MR) is 98.8 cm³/mol. The Balaban J connectivity index is 1.37. The van der Waals surface area contributed by atoms with Crippen molar-refractivity contribution in [2.24, 2.45) is 5.92 Å². The zero-order valence-electron chi connectivity index (χ0n) is 14.3. The van der Waals surface area contributed by atoms with Crippen LogP contribution in [0.5, 0.6) is 0 Å². The SMILES string of the molecule is O=C(Cn1cnc2ccsc2c1=O)NC[C@@H]1CCCN2CCCCC12. The third-order valence-corrected chi connectivity index (χ3v) is 6.43. The second-order valence-electron chi connectivity index (χ2n) is 7.12. The molecule has 2 aliphatic rings. The first-order valence-electron chi connectivity index (χ1n) is 9.16. The smallest absolute Gasteiger partial charge is 0.271 e.